The molecule has 1 aliphatic rings. The van der Waals surface area contributed by atoms with Gasteiger partial charge in [-0.2, -0.15) is 0 Å². The maximum Gasteiger partial charge on any atom is 0.254 e. The van der Waals surface area contributed by atoms with Gasteiger partial charge in [-0.1, -0.05) is 6.07 Å². The smallest absolute Gasteiger partial charge is 0.254 e. The molecule has 5 heteroatoms. The Labute approximate surface area is 106 Å². The van der Waals surface area contributed by atoms with Crippen LogP contribution in [0, 0.1) is 5.82 Å². The first-order chi connectivity index (χ1) is 8.49. The Morgan fingerprint density at radius 2 is 2.17 bits per heavy atom. The number of β-amino-alcohol motifs (C(OH)–C–C–N with tert-alkyl or cyclic N) is 1. The minimum atomic E-state index is -0.558. The molecule has 0 radical (unpaired) electrons. The molecule has 4 nitrogen and oxygen atoms in total. The number of aliphatic hydroxyl groups is 1. The third-order valence-electron chi connectivity index (χ3n) is 3.28. The highest BCUT2D eigenvalue weighted by Crippen LogP contribution is 2.17. The average molecular weight is 252 g/mol. The molecule has 0 bridgehead atoms. The second-order valence-electron chi connectivity index (χ2n) is 4.82. The van der Waals surface area contributed by atoms with Gasteiger partial charge in [-0.3, -0.25) is 4.79 Å². The van der Waals surface area contributed by atoms with Gasteiger partial charge in [0, 0.05) is 18.7 Å². The third-order valence-corrected chi connectivity index (χ3v) is 3.28. The first kappa shape index (κ1) is 13.0. The van der Waals surface area contributed by atoms with Gasteiger partial charge >= 0.3 is 0 Å². The first-order valence-electron chi connectivity index (χ1n) is 5.88. The molecule has 0 unspecified atom stereocenters. The lowest BCUT2D eigenvalue weighted by atomic mass is 10.2. The topological polar surface area (TPSA) is 43.8 Å². The van der Waals surface area contributed by atoms with Gasteiger partial charge in [0.15, 0.2) is 0 Å². The lowest BCUT2D eigenvalue weighted by Gasteiger charge is -2.21. The van der Waals surface area contributed by atoms with Gasteiger partial charge in [0.05, 0.1) is 12.1 Å². The molecule has 1 aromatic carbocycles. The van der Waals surface area contributed by atoms with E-state index >= 15 is 0 Å². The molecule has 1 saturated heterocycles. The van der Waals surface area contributed by atoms with Crippen LogP contribution in [0.15, 0.2) is 24.3 Å². The maximum absolute atomic E-state index is 13.1. The third kappa shape index (κ3) is 2.52. The van der Waals surface area contributed by atoms with Crippen LogP contribution in [-0.2, 0) is 0 Å². The van der Waals surface area contributed by atoms with Gasteiger partial charge in [-0.25, -0.2) is 4.39 Å². The van der Waals surface area contributed by atoms with Crippen molar-refractivity contribution in [1.82, 2.24) is 9.80 Å². The fraction of sp³-hybridized carbons (Fsp3) is 0.462. The van der Waals surface area contributed by atoms with Gasteiger partial charge < -0.3 is 14.9 Å². The Morgan fingerprint density at radius 1 is 1.44 bits per heavy atom. The summed E-state index contributed by atoms with van der Waals surface area (Å²) in [7, 11) is 3.73. The summed E-state index contributed by atoms with van der Waals surface area (Å²) >= 11 is 0. The SMILES string of the molecule is CN(C)[C@@H]1CN(C(=O)c2cccc(F)c2)C[C@H]1O. The van der Waals surface area contributed by atoms with Crippen molar-refractivity contribution in [2.45, 2.75) is 12.1 Å². The highest BCUT2D eigenvalue weighted by molar-refractivity contribution is 5.94. The number of benzene rings is 1. The van der Waals surface area contributed by atoms with Crippen molar-refractivity contribution in [2.24, 2.45) is 0 Å². The van der Waals surface area contributed by atoms with Crippen LogP contribution < -0.4 is 0 Å². The molecule has 1 heterocycles. The largest absolute Gasteiger partial charge is 0.390 e. The zero-order valence-corrected chi connectivity index (χ0v) is 10.5. The summed E-state index contributed by atoms with van der Waals surface area (Å²) in [5.74, 6) is -0.664. The van der Waals surface area contributed by atoms with E-state index in [4.69, 9.17) is 0 Å². The summed E-state index contributed by atoms with van der Waals surface area (Å²) in [5.41, 5.74) is 0.321. The molecule has 0 aromatic heterocycles. The second kappa shape index (κ2) is 5.04. The van der Waals surface area contributed by atoms with Crippen molar-refractivity contribution in [1.29, 1.82) is 0 Å². The minimum absolute atomic E-state index is 0.0671. The summed E-state index contributed by atoms with van der Waals surface area (Å²) in [5, 5.41) is 9.87. The van der Waals surface area contributed by atoms with Crippen molar-refractivity contribution in [3.05, 3.63) is 35.6 Å². The van der Waals surface area contributed by atoms with E-state index in [1.165, 1.54) is 18.2 Å². The molecule has 18 heavy (non-hydrogen) atoms. The van der Waals surface area contributed by atoms with Crippen LogP contribution in [0.25, 0.3) is 0 Å². The Kier molecular flexibility index (Phi) is 3.63. The molecular formula is C13H17FN2O2. The summed E-state index contributed by atoms with van der Waals surface area (Å²) in [6.07, 6.45) is -0.558. The lowest BCUT2D eigenvalue weighted by molar-refractivity contribution is 0.0763. The van der Waals surface area contributed by atoms with E-state index in [0.717, 1.165) is 0 Å². The summed E-state index contributed by atoms with van der Waals surface area (Å²) in [6.45, 7) is 0.752. The number of likely N-dealkylation sites (N-methyl/N-ethyl adjacent to an activating group) is 1. The number of carbonyl (C=O) groups is 1. The number of likely N-dealkylation sites (tertiary alicyclic amines) is 1. The highest BCUT2D eigenvalue weighted by Gasteiger charge is 2.35. The number of aliphatic hydroxyl groups excluding tert-OH is 1. The summed E-state index contributed by atoms with van der Waals surface area (Å²) in [4.78, 5) is 15.6. The van der Waals surface area contributed by atoms with E-state index in [-0.39, 0.29) is 18.5 Å². The van der Waals surface area contributed by atoms with Crippen molar-refractivity contribution >= 4 is 5.91 Å². The maximum atomic E-state index is 13.1. The summed E-state index contributed by atoms with van der Waals surface area (Å²) in [6, 6.07) is 5.55. The van der Waals surface area contributed by atoms with E-state index in [0.29, 0.717) is 12.1 Å². The van der Waals surface area contributed by atoms with Gasteiger partial charge in [0.1, 0.15) is 5.82 Å². The Bertz CT molecular complexity index is 450. The van der Waals surface area contributed by atoms with Gasteiger partial charge in [-0.05, 0) is 32.3 Å². The number of hydrogen-bond acceptors (Lipinski definition) is 3. The van der Waals surface area contributed by atoms with Crippen LogP contribution >= 0.6 is 0 Å². The number of nitrogens with zero attached hydrogens (tertiary/aromatic N) is 2. The minimum Gasteiger partial charge on any atom is -0.390 e. The van der Waals surface area contributed by atoms with Crippen LogP contribution in [-0.4, -0.2) is 60.1 Å². The molecule has 1 aromatic rings. The fourth-order valence-corrected chi connectivity index (χ4v) is 2.25. The molecule has 2 atom stereocenters. The van der Waals surface area contributed by atoms with Crippen molar-refractivity contribution in [2.75, 3.05) is 27.2 Å². The molecule has 1 amide bonds. The van der Waals surface area contributed by atoms with E-state index in [2.05, 4.69) is 0 Å². The number of rotatable bonds is 2. The van der Waals surface area contributed by atoms with Crippen LogP contribution in [0.5, 0.6) is 0 Å². The van der Waals surface area contributed by atoms with Crippen LogP contribution in [0.3, 0.4) is 0 Å². The quantitative estimate of drug-likeness (QED) is 0.837. The standard InChI is InChI=1S/C13H17FN2O2/c1-15(2)11-7-16(8-12(11)17)13(18)9-4-3-5-10(14)6-9/h3-6,11-12,17H,7-8H2,1-2H3/t11-,12-/m1/s1. The van der Waals surface area contributed by atoms with Crippen molar-refractivity contribution in [3.63, 3.8) is 0 Å². The average Bonchev–Trinajstić information content (AvgIpc) is 2.70. The first-order valence-corrected chi connectivity index (χ1v) is 5.88. The lowest BCUT2D eigenvalue weighted by Crippen LogP contribution is -2.38. The molecule has 1 N–H and O–H groups in total. The predicted octanol–water partition coefficient (Wildman–Crippen LogP) is 0.573. The van der Waals surface area contributed by atoms with Crippen molar-refractivity contribution < 1.29 is 14.3 Å². The highest BCUT2D eigenvalue weighted by atomic mass is 19.1. The van der Waals surface area contributed by atoms with E-state index in [9.17, 15) is 14.3 Å². The molecule has 0 spiro atoms. The van der Waals surface area contributed by atoms with Crippen molar-refractivity contribution in [3.8, 4) is 0 Å². The van der Waals surface area contributed by atoms with Crippen LogP contribution in [0.4, 0.5) is 4.39 Å². The Hall–Kier alpha value is -1.46. The van der Waals surface area contributed by atoms with E-state index in [1.54, 1.807) is 11.0 Å². The predicted molar refractivity (Wildman–Crippen MR) is 65.8 cm³/mol. The van der Waals surface area contributed by atoms with Gasteiger partial charge in [-0.15, -0.1) is 0 Å². The van der Waals surface area contributed by atoms with Crippen LogP contribution in [0.1, 0.15) is 10.4 Å². The molecule has 1 aliphatic heterocycles. The Balaban J connectivity index is 2.12. The van der Waals surface area contributed by atoms with Crippen LogP contribution in [0.2, 0.25) is 0 Å². The Morgan fingerprint density at radius 3 is 2.72 bits per heavy atom. The van der Waals surface area contributed by atoms with Gasteiger partial charge in [0.2, 0.25) is 0 Å². The normalized spacial score (nSPS) is 23.7. The number of hydrogen-bond donors (Lipinski definition) is 1. The molecule has 1 fully saturated rings. The second-order valence-corrected chi connectivity index (χ2v) is 4.82. The number of carbonyl (C=O) groups excluding carboxylic acids is 1. The van der Waals surface area contributed by atoms with E-state index in [1.807, 2.05) is 19.0 Å². The van der Waals surface area contributed by atoms with Gasteiger partial charge in [0.25, 0.3) is 5.91 Å². The molecule has 0 saturated carbocycles. The monoisotopic (exact) mass is 252 g/mol. The molecule has 0 aliphatic carbocycles. The fourth-order valence-electron chi connectivity index (χ4n) is 2.25. The zero-order valence-electron chi connectivity index (χ0n) is 10.5. The molecule has 2 rings (SSSR count). The molecular weight excluding hydrogens is 235 g/mol. The molecule has 98 valence electrons. The zero-order chi connectivity index (χ0) is 13.3. The number of halogens is 1. The number of amides is 1. The summed E-state index contributed by atoms with van der Waals surface area (Å²) < 4.78 is 13.1. The van der Waals surface area contributed by atoms with E-state index < -0.39 is 11.9 Å².